The molecule has 0 radical (unpaired) electrons. The Morgan fingerprint density at radius 1 is 1.06 bits per heavy atom. The largest absolute Gasteiger partial charge is 0.508 e. The summed E-state index contributed by atoms with van der Waals surface area (Å²) < 4.78 is 0. The highest BCUT2D eigenvalue weighted by molar-refractivity contribution is 5.66. The lowest BCUT2D eigenvalue weighted by Crippen LogP contribution is -2.08. The van der Waals surface area contributed by atoms with Crippen LogP contribution in [0, 0.1) is 0 Å². The van der Waals surface area contributed by atoms with Crippen molar-refractivity contribution in [2.75, 3.05) is 11.1 Å². The summed E-state index contributed by atoms with van der Waals surface area (Å²) in [5.41, 5.74) is 8.30. The van der Waals surface area contributed by atoms with Crippen LogP contribution in [-0.4, -0.2) is 5.11 Å². The fraction of sp³-hybridized carbons (Fsp3) is 0.143. The average molecular weight is 228 g/mol. The predicted octanol–water partition coefficient (Wildman–Crippen LogP) is 3.15. The third-order valence-corrected chi connectivity index (χ3v) is 2.74. The number of hydrogen-bond acceptors (Lipinski definition) is 3. The standard InChI is InChI=1S/C14H16N2O/c1-10(11-6-2-5-9-14(11)17)16-13-8-4-3-7-12(13)15/h2-10,16-17H,15H2,1H3. The number of rotatable bonds is 3. The number of nitrogen functional groups attached to an aromatic ring is 1. The van der Waals surface area contributed by atoms with Crippen molar-refractivity contribution in [3.63, 3.8) is 0 Å². The lowest BCUT2D eigenvalue weighted by atomic mass is 10.1. The third-order valence-electron chi connectivity index (χ3n) is 2.74. The van der Waals surface area contributed by atoms with Crippen molar-refractivity contribution in [2.45, 2.75) is 13.0 Å². The van der Waals surface area contributed by atoms with E-state index in [1.165, 1.54) is 0 Å². The van der Waals surface area contributed by atoms with Gasteiger partial charge in [0.25, 0.3) is 0 Å². The first kappa shape index (κ1) is 11.3. The quantitative estimate of drug-likeness (QED) is 0.707. The maximum absolute atomic E-state index is 9.76. The van der Waals surface area contributed by atoms with Gasteiger partial charge in [-0.2, -0.15) is 0 Å². The van der Waals surface area contributed by atoms with E-state index < -0.39 is 0 Å². The first-order chi connectivity index (χ1) is 8.18. The Morgan fingerprint density at radius 2 is 1.71 bits per heavy atom. The summed E-state index contributed by atoms with van der Waals surface area (Å²) in [6, 6.07) is 14.9. The molecule has 1 unspecified atom stereocenters. The molecule has 0 aromatic heterocycles. The second kappa shape index (κ2) is 4.78. The predicted molar refractivity (Wildman–Crippen MR) is 71.0 cm³/mol. The number of nitrogens with two attached hydrogens (primary N) is 1. The summed E-state index contributed by atoms with van der Waals surface area (Å²) in [6.45, 7) is 1.99. The Labute approximate surface area is 101 Å². The molecule has 0 bridgehead atoms. The van der Waals surface area contributed by atoms with E-state index in [0.717, 1.165) is 11.3 Å². The van der Waals surface area contributed by atoms with Crippen LogP contribution in [0.2, 0.25) is 0 Å². The summed E-state index contributed by atoms with van der Waals surface area (Å²) in [5.74, 6) is 0.294. The minimum absolute atomic E-state index is 0.000833. The first-order valence-corrected chi connectivity index (χ1v) is 5.57. The SMILES string of the molecule is CC(Nc1ccccc1N)c1ccccc1O. The van der Waals surface area contributed by atoms with E-state index in [9.17, 15) is 5.11 Å². The molecule has 0 fully saturated rings. The van der Waals surface area contributed by atoms with Crippen LogP contribution in [0.4, 0.5) is 11.4 Å². The minimum Gasteiger partial charge on any atom is -0.508 e. The number of para-hydroxylation sites is 3. The normalized spacial score (nSPS) is 12.1. The smallest absolute Gasteiger partial charge is 0.120 e. The Balaban J connectivity index is 2.20. The molecule has 4 N–H and O–H groups in total. The lowest BCUT2D eigenvalue weighted by molar-refractivity contribution is 0.465. The van der Waals surface area contributed by atoms with E-state index in [0.29, 0.717) is 11.4 Å². The average Bonchev–Trinajstić information content (AvgIpc) is 2.32. The first-order valence-electron chi connectivity index (χ1n) is 5.57. The third kappa shape index (κ3) is 2.50. The van der Waals surface area contributed by atoms with Gasteiger partial charge in [0.2, 0.25) is 0 Å². The van der Waals surface area contributed by atoms with Gasteiger partial charge in [-0.25, -0.2) is 0 Å². The number of nitrogens with one attached hydrogen (secondary N) is 1. The minimum atomic E-state index is 0.000833. The van der Waals surface area contributed by atoms with E-state index in [2.05, 4.69) is 5.32 Å². The second-order valence-electron chi connectivity index (χ2n) is 4.01. The van der Waals surface area contributed by atoms with Crippen molar-refractivity contribution < 1.29 is 5.11 Å². The Hall–Kier alpha value is -2.16. The summed E-state index contributed by atoms with van der Waals surface area (Å²) in [7, 11) is 0. The van der Waals surface area contributed by atoms with Gasteiger partial charge in [-0.3, -0.25) is 0 Å². The number of phenols is 1. The van der Waals surface area contributed by atoms with Gasteiger partial charge in [0, 0.05) is 5.56 Å². The van der Waals surface area contributed by atoms with E-state index in [1.807, 2.05) is 49.4 Å². The Morgan fingerprint density at radius 3 is 2.41 bits per heavy atom. The molecular formula is C14H16N2O. The molecule has 17 heavy (non-hydrogen) atoms. The van der Waals surface area contributed by atoms with Crippen LogP contribution in [0.5, 0.6) is 5.75 Å². The van der Waals surface area contributed by atoms with Crippen LogP contribution < -0.4 is 11.1 Å². The molecule has 0 spiro atoms. The zero-order valence-corrected chi connectivity index (χ0v) is 9.72. The van der Waals surface area contributed by atoms with Crippen LogP contribution in [-0.2, 0) is 0 Å². The van der Waals surface area contributed by atoms with E-state index >= 15 is 0 Å². The zero-order chi connectivity index (χ0) is 12.3. The lowest BCUT2D eigenvalue weighted by Gasteiger charge is -2.18. The van der Waals surface area contributed by atoms with Gasteiger partial charge in [-0.15, -0.1) is 0 Å². The molecule has 0 saturated carbocycles. The molecule has 0 aliphatic rings. The molecule has 2 aromatic carbocycles. The van der Waals surface area contributed by atoms with Crippen molar-refractivity contribution in [3.05, 3.63) is 54.1 Å². The number of aromatic hydroxyl groups is 1. The van der Waals surface area contributed by atoms with Crippen LogP contribution in [0.25, 0.3) is 0 Å². The van der Waals surface area contributed by atoms with Crippen LogP contribution in [0.15, 0.2) is 48.5 Å². The van der Waals surface area contributed by atoms with Crippen molar-refractivity contribution in [1.29, 1.82) is 0 Å². The van der Waals surface area contributed by atoms with Crippen LogP contribution in [0.1, 0.15) is 18.5 Å². The van der Waals surface area contributed by atoms with Crippen molar-refractivity contribution in [2.24, 2.45) is 0 Å². The Kier molecular flexibility index (Phi) is 3.19. The highest BCUT2D eigenvalue weighted by Gasteiger charge is 2.10. The van der Waals surface area contributed by atoms with Crippen molar-refractivity contribution in [1.82, 2.24) is 0 Å². The topological polar surface area (TPSA) is 58.3 Å². The molecule has 3 heteroatoms. The van der Waals surface area contributed by atoms with Gasteiger partial charge in [-0.1, -0.05) is 30.3 Å². The molecule has 1 atom stereocenters. The maximum atomic E-state index is 9.76. The number of hydrogen-bond donors (Lipinski definition) is 3. The highest BCUT2D eigenvalue weighted by Crippen LogP contribution is 2.28. The number of benzene rings is 2. The fourth-order valence-electron chi connectivity index (χ4n) is 1.79. The summed E-state index contributed by atoms with van der Waals surface area (Å²) in [4.78, 5) is 0. The van der Waals surface area contributed by atoms with Gasteiger partial charge in [0.05, 0.1) is 17.4 Å². The molecule has 0 saturated heterocycles. The van der Waals surface area contributed by atoms with Gasteiger partial charge in [0.1, 0.15) is 5.75 Å². The molecule has 2 aromatic rings. The summed E-state index contributed by atoms with van der Waals surface area (Å²) in [6.07, 6.45) is 0. The second-order valence-corrected chi connectivity index (χ2v) is 4.01. The fourth-order valence-corrected chi connectivity index (χ4v) is 1.79. The van der Waals surface area contributed by atoms with Crippen LogP contribution in [0.3, 0.4) is 0 Å². The van der Waals surface area contributed by atoms with Gasteiger partial charge < -0.3 is 16.2 Å². The van der Waals surface area contributed by atoms with E-state index in [-0.39, 0.29) is 6.04 Å². The van der Waals surface area contributed by atoms with Crippen LogP contribution >= 0.6 is 0 Å². The molecule has 0 heterocycles. The molecule has 3 nitrogen and oxygen atoms in total. The van der Waals surface area contributed by atoms with Crippen molar-refractivity contribution in [3.8, 4) is 5.75 Å². The monoisotopic (exact) mass is 228 g/mol. The summed E-state index contributed by atoms with van der Waals surface area (Å²) >= 11 is 0. The molecule has 0 aliphatic heterocycles. The molecule has 0 amide bonds. The van der Waals surface area contributed by atoms with Gasteiger partial charge >= 0.3 is 0 Å². The number of anilines is 2. The molecular weight excluding hydrogens is 212 g/mol. The molecule has 0 aliphatic carbocycles. The highest BCUT2D eigenvalue weighted by atomic mass is 16.3. The molecule has 2 rings (SSSR count). The maximum Gasteiger partial charge on any atom is 0.120 e. The van der Waals surface area contributed by atoms with E-state index in [4.69, 9.17) is 5.73 Å². The Bertz CT molecular complexity index is 511. The number of phenolic OH excluding ortho intramolecular Hbond substituents is 1. The molecule has 88 valence electrons. The summed E-state index contributed by atoms with van der Waals surface area (Å²) in [5, 5.41) is 13.0. The van der Waals surface area contributed by atoms with Gasteiger partial charge in [0.15, 0.2) is 0 Å². The zero-order valence-electron chi connectivity index (χ0n) is 9.72. The van der Waals surface area contributed by atoms with Gasteiger partial charge in [-0.05, 0) is 25.1 Å². The van der Waals surface area contributed by atoms with Crippen molar-refractivity contribution >= 4 is 11.4 Å². The van der Waals surface area contributed by atoms with E-state index in [1.54, 1.807) is 6.07 Å².